The van der Waals surface area contributed by atoms with E-state index < -0.39 is 23.2 Å². The van der Waals surface area contributed by atoms with Gasteiger partial charge in [-0.3, -0.25) is 4.79 Å². The van der Waals surface area contributed by atoms with Crippen LogP contribution in [0.1, 0.15) is 30.4 Å². The van der Waals surface area contributed by atoms with Crippen molar-refractivity contribution < 1.29 is 22.7 Å². The van der Waals surface area contributed by atoms with Crippen LogP contribution in [0, 0.1) is 0 Å². The molecule has 132 valence electrons. The molecule has 2 aliphatic rings. The molecule has 1 aromatic carbocycles. The second kappa shape index (κ2) is 6.72. The van der Waals surface area contributed by atoms with Gasteiger partial charge in [0.1, 0.15) is 6.04 Å². The lowest BCUT2D eigenvalue weighted by molar-refractivity contribution is -0.137. The van der Waals surface area contributed by atoms with Crippen LogP contribution in [0.15, 0.2) is 24.3 Å². The zero-order chi connectivity index (χ0) is 17.2. The van der Waals surface area contributed by atoms with Crippen LogP contribution in [-0.2, 0) is 21.1 Å². The Morgan fingerprint density at radius 1 is 1.38 bits per heavy atom. The average Bonchev–Trinajstić information content (AvgIpc) is 2.54. The summed E-state index contributed by atoms with van der Waals surface area (Å²) in [4.78, 5) is 12.2. The summed E-state index contributed by atoms with van der Waals surface area (Å²) in [6, 6.07) is 5.07. The Morgan fingerprint density at radius 3 is 2.75 bits per heavy atom. The number of carbonyl (C=O) groups is 1. The first kappa shape index (κ1) is 17.2. The largest absolute Gasteiger partial charge is 0.416 e. The van der Waals surface area contributed by atoms with Crippen LogP contribution in [0.25, 0.3) is 0 Å². The first-order valence-electron chi connectivity index (χ1n) is 8.17. The van der Waals surface area contributed by atoms with E-state index in [1.807, 2.05) is 0 Å². The van der Waals surface area contributed by atoms with E-state index in [9.17, 15) is 18.0 Å². The van der Waals surface area contributed by atoms with Crippen LogP contribution in [0.2, 0.25) is 0 Å². The van der Waals surface area contributed by atoms with Gasteiger partial charge in [0.2, 0.25) is 5.91 Å². The summed E-state index contributed by atoms with van der Waals surface area (Å²) in [6.45, 7) is 1.88. The van der Waals surface area contributed by atoms with E-state index in [0.29, 0.717) is 31.9 Å². The molecular weight excluding hydrogens is 321 g/mol. The maximum Gasteiger partial charge on any atom is 0.416 e. The summed E-state index contributed by atoms with van der Waals surface area (Å²) in [7, 11) is 0. The molecule has 2 N–H and O–H groups in total. The molecule has 1 saturated heterocycles. The van der Waals surface area contributed by atoms with Crippen molar-refractivity contribution in [1.82, 2.24) is 10.6 Å². The molecule has 1 atom stereocenters. The highest BCUT2D eigenvalue weighted by atomic mass is 19.4. The SMILES string of the molecule is O=C(NCC1(c2cccc(C(F)(F)F)c2)CCC1)[C@@H]1COCCN1. The third kappa shape index (κ3) is 3.57. The highest BCUT2D eigenvalue weighted by molar-refractivity contribution is 5.82. The number of hydrogen-bond donors (Lipinski definition) is 2. The first-order chi connectivity index (χ1) is 11.4. The topological polar surface area (TPSA) is 50.4 Å². The number of morpholine rings is 1. The molecule has 3 rings (SSSR count). The average molecular weight is 342 g/mol. The van der Waals surface area contributed by atoms with Gasteiger partial charge in [-0.05, 0) is 24.5 Å². The monoisotopic (exact) mass is 342 g/mol. The lowest BCUT2D eigenvalue weighted by atomic mass is 9.64. The van der Waals surface area contributed by atoms with Gasteiger partial charge in [0.15, 0.2) is 0 Å². The molecule has 0 radical (unpaired) electrons. The Balaban J connectivity index is 1.69. The number of benzene rings is 1. The molecule has 1 saturated carbocycles. The number of hydrogen-bond acceptors (Lipinski definition) is 3. The van der Waals surface area contributed by atoms with Crippen LogP contribution in [-0.4, -0.2) is 38.3 Å². The maximum absolute atomic E-state index is 12.9. The zero-order valence-corrected chi connectivity index (χ0v) is 13.3. The van der Waals surface area contributed by atoms with E-state index in [1.54, 1.807) is 6.07 Å². The number of rotatable bonds is 4. The Bertz CT molecular complexity index is 594. The maximum atomic E-state index is 12.9. The van der Waals surface area contributed by atoms with Crippen molar-refractivity contribution in [2.45, 2.75) is 36.9 Å². The van der Waals surface area contributed by atoms with Crippen LogP contribution in [0.5, 0.6) is 0 Å². The summed E-state index contributed by atoms with van der Waals surface area (Å²) in [5, 5.41) is 5.96. The summed E-state index contributed by atoms with van der Waals surface area (Å²) < 4.78 is 44.1. The minimum absolute atomic E-state index is 0.159. The van der Waals surface area contributed by atoms with E-state index in [0.717, 1.165) is 25.3 Å². The summed E-state index contributed by atoms with van der Waals surface area (Å²) >= 11 is 0. The van der Waals surface area contributed by atoms with Gasteiger partial charge < -0.3 is 15.4 Å². The first-order valence-corrected chi connectivity index (χ1v) is 8.17. The third-order valence-corrected chi connectivity index (χ3v) is 4.95. The molecule has 4 nitrogen and oxygen atoms in total. The van der Waals surface area contributed by atoms with Crippen molar-refractivity contribution in [2.24, 2.45) is 0 Å². The third-order valence-electron chi connectivity index (χ3n) is 4.95. The van der Waals surface area contributed by atoms with Crippen LogP contribution in [0.4, 0.5) is 13.2 Å². The Kier molecular flexibility index (Phi) is 4.83. The van der Waals surface area contributed by atoms with Crippen molar-refractivity contribution in [2.75, 3.05) is 26.3 Å². The van der Waals surface area contributed by atoms with Crippen LogP contribution < -0.4 is 10.6 Å². The van der Waals surface area contributed by atoms with Crippen molar-refractivity contribution in [3.63, 3.8) is 0 Å². The molecule has 1 amide bonds. The zero-order valence-electron chi connectivity index (χ0n) is 13.3. The number of ether oxygens (including phenoxy) is 1. The summed E-state index contributed by atoms with van der Waals surface area (Å²) in [5.41, 5.74) is -0.386. The molecule has 1 heterocycles. The number of amides is 1. The number of carbonyl (C=O) groups excluding carboxylic acids is 1. The predicted octanol–water partition coefficient (Wildman–Crippen LogP) is 2.23. The Labute approximate surface area is 138 Å². The minimum Gasteiger partial charge on any atom is -0.378 e. The van der Waals surface area contributed by atoms with Gasteiger partial charge in [-0.1, -0.05) is 24.6 Å². The van der Waals surface area contributed by atoms with Crippen LogP contribution in [0.3, 0.4) is 0 Å². The van der Waals surface area contributed by atoms with E-state index in [4.69, 9.17) is 4.74 Å². The van der Waals surface area contributed by atoms with Crippen molar-refractivity contribution in [1.29, 1.82) is 0 Å². The van der Waals surface area contributed by atoms with Gasteiger partial charge >= 0.3 is 6.18 Å². The number of alkyl halides is 3. The van der Waals surface area contributed by atoms with Gasteiger partial charge in [-0.25, -0.2) is 0 Å². The van der Waals surface area contributed by atoms with E-state index >= 15 is 0 Å². The second-order valence-corrected chi connectivity index (χ2v) is 6.51. The smallest absolute Gasteiger partial charge is 0.378 e. The molecule has 0 spiro atoms. The fourth-order valence-corrected chi connectivity index (χ4v) is 3.31. The molecule has 1 aromatic rings. The molecule has 1 aliphatic carbocycles. The second-order valence-electron chi connectivity index (χ2n) is 6.51. The lowest BCUT2D eigenvalue weighted by Crippen LogP contribution is -2.54. The molecule has 0 unspecified atom stereocenters. The minimum atomic E-state index is -4.35. The quantitative estimate of drug-likeness (QED) is 0.882. The molecule has 2 fully saturated rings. The van der Waals surface area contributed by atoms with Crippen molar-refractivity contribution in [3.8, 4) is 0 Å². The molecular formula is C17H21F3N2O2. The van der Waals surface area contributed by atoms with E-state index in [-0.39, 0.29) is 5.91 Å². The van der Waals surface area contributed by atoms with Crippen molar-refractivity contribution >= 4 is 5.91 Å². The predicted molar refractivity (Wildman–Crippen MR) is 82.6 cm³/mol. The molecule has 24 heavy (non-hydrogen) atoms. The van der Waals surface area contributed by atoms with Crippen LogP contribution >= 0.6 is 0 Å². The molecule has 0 bridgehead atoms. The standard InChI is InChI=1S/C17H21F3N2O2/c18-17(19,20)13-4-1-3-12(9-13)16(5-2-6-16)11-22-15(23)14-10-24-8-7-21-14/h1,3-4,9,14,21H,2,5-8,10-11H2,(H,22,23)/t14-/m0/s1. The fraction of sp³-hybridized carbons (Fsp3) is 0.588. The summed E-state index contributed by atoms with van der Waals surface area (Å²) in [5.74, 6) is -0.159. The highest BCUT2D eigenvalue weighted by Gasteiger charge is 2.41. The molecule has 1 aliphatic heterocycles. The fourth-order valence-electron chi connectivity index (χ4n) is 3.31. The lowest BCUT2D eigenvalue weighted by Gasteiger charge is -2.43. The summed E-state index contributed by atoms with van der Waals surface area (Å²) in [6.07, 6.45) is -1.84. The highest BCUT2D eigenvalue weighted by Crippen LogP contribution is 2.44. The number of nitrogens with one attached hydrogen (secondary N) is 2. The van der Waals surface area contributed by atoms with Gasteiger partial charge in [0, 0.05) is 18.5 Å². The molecule has 7 heteroatoms. The van der Waals surface area contributed by atoms with E-state index in [2.05, 4.69) is 10.6 Å². The van der Waals surface area contributed by atoms with Crippen molar-refractivity contribution in [3.05, 3.63) is 35.4 Å². The van der Waals surface area contributed by atoms with Gasteiger partial charge in [0.25, 0.3) is 0 Å². The van der Waals surface area contributed by atoms with Gasteiger partial charge in [-0.15, -0.1) is 0 Å². The normalized spacial score (nSPS) is 23.4. The Hall–Kier alpha value is -1.60. The van der Waals surface area contributed by atoms with Gasteiger partial charge in [-0.2, -0.15) is 13.2 Å². The van der Waals surface area contributed by atoms with Gasteiger partial charge in [0.05, 0.1) is 18.8 Å². The van der Waals surface area contributed by atoms with E-state index in [1.165, 1.54) is 12.1 Å². The molecule has 0 aromatic heterocycles. The Morgan fingerprint density at radius 2 is 2.17 bits per heavy atom. The number of halogens is 3.